The molecule has 32 heavy (non-hydrogen) atoms. The minimum absolute atomic E-state index is 0.00207. The summed E-state index contributed by atoms with van der Waals surface area (Å²) in [5.41, 5.74) is 2.21. The van der Waals surface area contributed by atoms with Crippen LogP contribution in [0.3, 0.4) is 0 Å². The summed E-state index contributed by atoms with van der Waals surface area (Å²) in [5, 5.41) is 3.93. The van der Waals surface area contributed by atoms with Gasteiger partial charge < -0.3 is 10.2 Å². The van der Waals surface area contributed by atoms with E-state index < -0.39 is 0 Å². The zero-order valence-corrected chi connectivity index (χ0v) is 19.5. The number of para-hydroxylation sites is 1. The molecular formula is C24H25ClN4O2S. The first-order valence-electron chi connectivity index (χ1n) is 11.0. The number of fused-ring (bicyclic) bond motifs is 1. The van der Waals surface area contributed by atoms with Crippen LogP contribution >= 0.6 is 22.9 Å². The fourth-order valence-corrected chi connectivity index (χ4v) is 5.13. The lowest BCUT2D eigenvalue weighted by Crippen LogP contribution is -2.55. The summed E-state index contributed by atoms with van der Waals surface area (Å²) >= 11 is 7.58. The Bertz CT molecular complexity index is 1170. The van der Waals surface area contributed by atoms with Crippen LogP contribution in [0.25, 0.3) is 21.5 Å². The van der Waals surface area contributed by atoms with Gasteiger partial charge >= 0.3 is 0 Å². The number of hydrogen-bond acceptors (Lipinski definition) is 5. The normalized spacial score (nSPS) is 18.0. The summed E-state index contributed by atoms with van der Waals surface area (Å²) in [4.78, 5) is 35.7. The van der Waals surface area contributed by atoms with E-state index in [1.54, 1.807) is 0 Å². The number of hydrogen-bond donors (Lipinski definition) is 1. The third-order valence-electron chi connectivity index (χ3n) is 6.22. The smallest absolute Gasteiger partial charge is 0.254 e. The van der Waals surface area contributed by atoms with Crippen LogP contribution in [0.2, 0.25) is 4.34 Å². The van der Waals surface area contributed by atoms with Crippen LogP contribution in [0.5, 0.6) is 0 Å². The van der Waals surface area contributed by atoms with Gasteiger partial charge in [-0.15, -0.1) is 11.3 Å². The van der Waals surface area contributed by atoms with E-state index >= 15 is 0 Å². The van der Waals surface area contributed by atoms with E-state index in [-0.39, 0.29) is 17.9 Å². The second-order valence-corrected chi connectivity index (χ2v) is 10.2. The minimum Gasteiger partial charge on any atom is -0.352 e. The SMILES string of the molecule is CC(C(=O)NC1CC1)N1CCN(C(=O)c2cc(-c3ccc(Cl)s3)nc3ccccc23)CC1. The van der Waals surface area contributed by atoms with Gasteiger partial charge in [-0.2, -0.15) is 0 Å². The summed E-state index contributed by atoms with van der Waals surface area (Å²) in [5.74, 6) is 0.0916. The Kier molecular flexibility index (Phi) is 5.88. The van der Waals surface area contributed by atoms with Crippen molar-refractivity contribution in [3.8, 4) is 10.6 Å². The van der Waals surface area contributed by atoms with Crippen molar-refractivity contribution in [3.05, 3.63) is 52.4 Å². The van der Waals surface area contributed by atoms with Crippen molar-refractivity contribution in [2.75, 3.05) is 26.2 Å². The van der Waals surface area contributed by atoms with Gasteiger partial charge in [-0.05, 0) is 44.0 Å². The Balaban J connectivity index is 1.35. The molecule has 2 aromatic heterocycles. The van der Waals surface area contributed by atoms with Gasteiger partial charge in [0.1, 0.15) is 0 Å². The number of pyridine rings is 1. The Labute approximate surface area is 196 Å². The number of aromatic nitrogens is 1. The molecule has 5 rings (SSSR count). The quantitative estimate of drug-likeness (QED) is 0.613. The molecule has 1 atom stereocenters. The van der Waals surface area contributed by atoms with Crippen LogP contribution in [0, 0.1) is 0 Å². The van der Waals surface area contributed by atoms with Gasteiger partial charge in [-0.1, -0.05) is 29.8 Å². The highest BCUT2D eigenvalue weighted by molar-refractivity contribution is 7.19. The zero-order valence-electron chi connectivity index (χ0n) is 17.9. The Morgan fingerprint density at radius 2 is 1.88 bits per heavy atom. The Morgan fingerprint density at radius 3 is 2.56 bits per heavy atom. The number of rotatable bonds is 5. The van der Waals surface area contributed by atoms with Crippen LogP contribution in [-0.4, -0.2) is 64.9 Å². The third-order valence-corrected chi connectivity index (χ3v) is 7.48. The van der Waals surface area contributed by atoms with E-state index in [0.717, 1.165) is 34.3 Å². The maximum absolute atomic E-state index is 13.5. The van der Waals surface area contributed by atoms with Gasteiger partial charge in [0.05, 0.1) is 32.0 Å². The molecule has 166 valence electrons. The molecule has 1 saturated carbocycles. The number of carbonyl (C=O) groups excluding carboxylic acids is 2. The first-order chi connectivity index (χ1) is 15.5. The van der Waals surface area contributed by atoms with E-state index in [1.807, 2.05) is 54.3 Å². The second kappa shape index (κ2) is 8.81. The number of nitrogens with zero attached hydrogens (tertiary/aromatic N) is 3. The van der Waals surface area contributed by atoms with Gasteiger partial charge in [0.2, 0.25) is 5.91 Å². The van der Waals surface area contributed by atoms with Crippen molar-refractivity contribution in [2.45, 2.75) is 31.8 Å². The van der Waals surface area contributed by atoms with Gasteiger partial charge in [-0.3, -0.25) is 14.5 Å². The third kappa shape index (κ3) is 4.37. The van der Waals surface area contributed by atoms with Crippen LogP contribution < -0.4 is 5.32 Å². The molecule has 2 amide bonds. The molecule has 8 heteroatoms. The van der Waals surface area contributed by atoms with E-state index in [2.05, 4.69) is 10.2 Å². The van der Waals surface area contributed by atoms with Crippen LogP contribution in [0.15, 0.2) is 42.5 Å². The van der Waals surface area contributed by atoms with Crippen molar-refractivity contribution in [3.63, 3.8) is 0 Å². The Morgan fingerprint density at radius 1 is 1.12 bits per heavy atom. The average molecular weight is 469 g/mol. The number of thiophene rings is 1. The molecule has 2 aliphatic rings. The standard InChI is InChI=1S/C24H25ClN4O2S/c1-15(23(30)26-16-6-7-16)28-10-12-29(13-11-28)24(31)18-14-20(21-8-9-22(25)32-21)27-19-5-3-2-4-17(18)19/h2-5,8-9,14-16H,6-7,10-13H2,1H3,(H,26,30). The first kappa shape index (κ1) is 21.4. The fraction of sp³-hybridized carbons (Fsp3) is 0.375. The molecule has 0 radical (unpaired) electrons. The first-order valence-corrected chi connectivity index (χ1v) is 12.2. The molecule has 6 nitrogen and oxygen atoms in total. The molecular weight excluding hydrogens is 444 g/mol. The largest absolute Gasteiger partial charge is 0.352 e. The highest BCUT2D eigenvalue weighted by Gasteiger charge is 2.31. The van der Waals surface area contributed by atoms with Gasteiger partial charge in [0, 0.05) is 37.6 Å². The monoisotopic (exact) mass is 468 g/mol. The van der Waals surface area contributed by atoms with Crippen molar-refractivity contribution < 1.29 is 9.59 Å². The van der Waals surface area contributed by atoms with Crippen molar-refractivity contribution >= 4 is 45.7 Å². The molecule has 1 aromatic carbocycles. The van der Waals surface area contributed by atoms with E-state index in [9.17, 15) is 9.59 Å². The molecule has 3 aromatic rings. The van der Waals surface area contributed by atoms with Gasteiger partial charge in [-0.25, -0.2) is 4.98 Å². The minimum atomic E-state index is -0.176. The summed E-state index contributed by atoms with van der Waals surface area (Å²) < 4.78 is 0.693. The summed E-state index contributed by atoms with van der Waals surface area (Å²) in [6, 6.07) is 13.6. The summed E-state index contributed by atoms with van der Waals surface area (Å²) in [6.07, 6.45) is 2.17. The highest BCUT2D eigenvalue weighted by atomic mass is 35.5. The van der Waals surface area contributed by atoms with E-state index in [4.69, 9.17) is 16.6 Å². The van der Waals surface area contributed by atoms with Crippen molar-refractivity contribution in [1.29, 1.82) is 0 Å². The molecule has 0 spiro atoms. The zero-order chi connectivity index (χ0) is 22.2. The average Bonchev–Trinajstić information content (AvgIpc) is 3.53. The lowest BCUT2D eigenvalue weighted by atomic mass is 10.0. The molecule has 1 aliphatic carbocycles. The molecule has 1 aliphatic heterocycles. The van der Waals surface area contributed by atoms with Crippen LogP contribution in [0.1, 0.15) is 30.1 Å². The molecule has 3 heterocycles. The molecule has 1 unspecified atom stereocenters. The molecule has 1 saturated heterocycles. The van der Waals surface area contributed by atoms with Crippen LogP contribution in [-0.2, 0) is 4.79 Å². The predicted octanol–water partition coefficient (Wildman–Crippen LogP) is 4.04. The fourth-order valence-electron chi connectivity index (χ4n) is 4.13. The van der Waals surface area contributed by atoms with E-state index in [0.29, 0.717) is 42.1 Å². The summed E-state index contributed by atoms with van der Waals surface area (Å²) in [6.45, 7) is 4.50. The lowest BCUT2D eigenvalue weighted by Gasteiger charge is -2.37. The predicted molar refractivity (Wildman–Crippen MR) is 128 cm³/mol. The Hall–Kier alpha value is -2.48. The maximum atomic E-state index is 13.5. The van der Waals surface area contributed by atoms with Crippen molar-refractivity contribution in [2.24, 2.45) is 0 Å². The number of piperazine rings is 1. The molecule has 0 bridgehead atoms. The van der Waals surface area contributed by atoms with E-state index in [1.165, 1.54) is 11.3 Å². The number of benzene rings is 1. The lowest BCUT2D eigenvalue weighted by molar-refractivity contribution is -0.126. The number of nitrogens with one attached hydrogen (secondary N) is 1. The van der Waals surface area contributed by atoms with Gasteiger partial charge in [0.25, 0.3) is 5.91 Å². The second-order valence-electron chi connectivity index (χ2n) is 8.46. The molecule has 1 N–H and O–H groups in total. The topological polar surface area (TPSA) is 65.5 Å². The maximum Gasteiger partial charge on any atom is 0.254 e. The van der Waals surface area contributed by atoms with Gasteiger partial charge in [0.15, 0.2) is 0 Å². The molecule has 2 fully saturated rings. The number of amides is 2. The highest BCUT2D eigenvalue weighted by Crippen LogP contribution is 2.32. The van der Waals surface area contributed by atoms with Crippen molar-refractivity contribution in [1.82, 2.24) is 20.1 Å². The number of carbonyl (C=O) groups is 2. The summed E-state index contributed by atoms with van der Waals surface area (Å²) in [7, 11) is 0. The number of halogens is 1. The van der Waals surface area contributed by atoms with Crippen LogP contribution in [0.4, 0.5) is 0 Å².